The molecule has 3 aromatic rings. The van der Waals surface area contributed by atoms with Gasteiger partial charge < -0.3 is 24.6 Å². The lowest BCUT2D eigenvalue weighted by atomic mass is 10.1. The van der Waals surface area contributed by atoms with E-state index in [0.29, 0.717) is 5.75 Å². The number of benzene rings is 3. The van der Waals surface area contributed by atoms with E-state index in [2.05, 4.69) is 5.32 Å². The van der Waals surface area contributed by atoms with Crippen molar-refractivity contribution < 1.29 is 38.5 Å². The average molecular weight is 491 g/mol. The molecule has 3 aromatic carbocycles. The van der Waals surface area contributed by atoms with Crippen molar-refractivity contribution in [1.82, 2.24) is 0 Å². The molecule has 1 amide bonds. The lowest BCUT2D eigenvalue weighted by molar-refractivity contribution is -0.157. The van der Waals surface area contributed by atoms with Crippen molar-refractivity contribution in [3.05, 3.63) is 95.1 Å². The highest BCUT2D eigenvalue weighted by Crippen LogP contribution is 2.20. The molecule has 0 bridgehead atoms. The van der Waals surface area contributed by atoms with E-state index in [1.165, 1.54) is 43.5 Å². The minimum absolute atomic E-state index is 0.0817. The number of hydrogen-bond donors (Lipinski definition) is 2. The molecular formula is C27H25NO8. The molecule has 0 spiro atoms. The number of aryl methyl sites for hydroxylation is 2. The van der Waals surface area contributed by atoms with Gasteiger partial charge >= 0.3 is 17.9 Å². The molecule has 0 aromatic heterocycles. The van der Waals surface area contributed by atoms with Crippen LogP contribution in [0.3, 0.4) is 0 Å². The van der Waals surface area contributed by atoms with Crippen LogP contribution in [0.25, 0.3) is 0 Å². The molecule has 0 radical (unpaired) electrons. The molecule has 0 aliphatic carbocycles. The Balaban J connectivity index is 1.93. The minimum atomic E-state index is -2.13. The average Bonchev–Trinajstić information content (AvgIpc) is 2.85. The zero-order valence-corrected chi connectivity index (χ0v) is 19.9. The van der Waals surface area contributed by atoms with Gasteiger partial charge in [-0.3, -0.25) is 4.79 Å². The molecule has 0 saturated carbocycles. The van der Waals surface area contributed by atoms with Crippen LogP contribution in [0.4, 0.5) is 5.69 Å². The number of hydrogen-bond acceptors (Lipinski definition) is 7. The highest BCUT2D eigenvalue weighted by Gasteiger charge is 2.41. The highest BCUT2D eigenvalue weighted by atomic mass is 16.6. The predicted molar refractivity (Wildman–Crippen MR) is 130 cm³/mol. The fraction of sp³-hybridized carbons (Fsp3) is 0.185. The van der Waals surface area contributed by atoms with Gasteiger partial charge in [-0.25, -0.2) is 14.4 Å². The Morgan fingerprint density at radius 3 is 1.78 bits per heavy atom. The summed E-state index contributed by atoms with van der Waals surface area (Å²) in [6, 6.07) is 18.9. The van der Waals surface area contributed by atoms with Gasteiger partial charge in [0.15, 0.2) is 0 Å². The molecule has 9 nitrogen and oxygen atoms in total. The molecule has 2 N–H and O–H groups in total. The van der Waals surface area contributed by atoms with Crippen LogP contribution < -0.4 is 10.1 Å². The highest BCUT2D eigenvalue weighted by molar-refractivity contribution is 6.01. The molecule has 3 rings (SSSR count). The first-order valence-electron chi connectivity index (χ1n) is 10.9. The van der Waals surface area contributed by atoms with Crippen LogP contribution >= 0.6 is 0 Å². The first-order valence-corrected chi connectivity index (χ1v) is 10.9. The number of methoxy groups -OCH3 is 1. The molecule has 2 atom stereocenters. The SMILES string of the molecule is COc1cccc(NC(=O)C(OC(=O)c2cccc(C)c2)C(OC(=O)c2cccc(C)c2)C(=O)O)c1. The molecule has 0 aliphatic heterocycles. The summed E-state index contributed by atoms with van der Waals surface area (Å²) in [5.74, 6) is -4.19. The van der Waals surface area contributed by atoms with Gasteiger partial charge in [-0.2, -0.15) is 0 Å². The second kappa shape index (κ2) is 11.7. The number of esters is 2. The maximum absolute atomic E-state index is 13.2. The normalized spacial score (nSPS) is 12.1. The number of carboxylic acids is 1. The monoisotopic (exact) mass is 491 g/mol. The fourth-order valence-corrected chi connectivity index (χ4v) is 3.32. The summed E-state index contributed by atoms with van der Waals surface area (Å²) in [7, 11) is 1.44. The molecule has 0 saturated heterocycles. The Labute approximate surface area is 207 Å². The van der Waals surface area contributed by atoms with E-state index in [0.717, 1.165) is 11.1 Å². The zero-order chi connectivity index (χ0) is 26.2. The summed E-state index contributed by atoms with van der Waals surface area (Å²) in [6.07, 6.45) is -4.13. The number of nitrogens with one attached hydrogen (secondary N) is 1. The van der Waals surface area contributed by atoms with E-state index in [4.69, 9.17) is 14.2 Å². The number of carboxylic acid groups (broad SMARTS) is 1. The van der Waals surface area contributed by atoms with E-state index >= 15 is 0 Å². The van der Waals surface area contributed by atoms with E-state index in [1.807, 2.05) is 0 Å². The Bertz CT molecular complexity index is 1290. The summed E-state index contributed by atoms with van der Waals surface area (Å²) in [5.41, 5.74) is 1.93. The van der Waals surface area contributed by atoms with Gasteiger partial charge in [0.1, 0.15) is 5.75 Å². The first kappa shape index (κ1) is 26.0. The Morgan fingerprint density at radius 1 is 0.750 bits per heavy atom. The van der Waals surface area contributed by atoms with Gasteiger partial charge in [-0.1, -0.05) is 41.5 Å². The summed E-state index contributed by atoms with van der Waals surface area (Å²) < 4.78 is 15.6. The second-order valence-corrected chi connectivity index (χ2v) is 7.95. The van der Waals surface area contributed by atoms with Crippen LogP contribution in [0.5, 0.6) is 5.75 Å². The van der Waals surface area contributed by atoms with E-state index in [9.17, 15) is 24.3 Å². The van der Waals surface area contributed by atoms with Crippen molar-refractivity contribution in [2.45, 2.75) is 26.1 Å². The Morgan fingerprint density at radius 2 is 1.28 bits per heavy atom. The van der Waals surface area contributed by atoms with Crippen molar-refractivity contribution in [1.29, 1.82) is 0 Å². The molecule has 9 heteroatoms. The predicted octanol–water partition coefficient (Wildman–Crippen LogP) is 3.79. The zero-order valence-electron chi connectivity index (χ0n) is 19.9. The van der Waals surface area contributed by atoms with Gasteiger partial charge in [0.25, 0.3) is 5.91 Å². The fourth-order valence-electron chi connectivity index (χ4n) is 3.32. The van der Waals surface area contributed by atoms with Crippen molar-refractivity contribution in [2.75, 3.05) is 12.4 Å². The molecule has 0 aliphatic rings. The lowest BCUT2D eigenvalue weighted by Crippen LogP contribution is -2.48. The van der Waals surface area contributed by atoms with E-state index in [-0.39, 0.29) is 16.8 Å². The maximum atomic E-state index is 13.2. The quantitative estimate of drug-likeness (QED) is 0.433. The largest absolute Gasteiger partial charge is 0.497 e. The number of amides is 1. The van der Waals surface area contributed by atoms with Crippen LogP contribution in [0.2, 0.25) is 0 Å². The number of aliphatic carboxylic acids is 1. The van der Waals surface area contributed by atoms with Gasteiger partial charge in [-0.05, 0) is 50.2 Å². The molecule has 0 fully saturated rings. The summed E-state index contributed by atoms with van der Waals surface area (Å²) in [5, 5.41) is 12.3. The molecule has 36 heavy (non-hydrogen) atoms. The number of carbonyl (C=O) groups is 4. The van der Waals surface area contributed by atoms with Crippen molar-refractivity contribution >= 4 is 29.5 Å². The molecule has 186 valence electrons. The Hall–Kier alpha value is -4.66. The minimum Gasteiger partial charge on any atom is -0.497 e. The van der Waals surface area contributed by atoms with Gasteiger partial charge in [0.05, 0.1) is 18.2 Å². The number of anilines is 1. The van der Waals surface area contributed by atoms with Crippen molar-refractivity contribution in [3.8, 4) is 5.75 Å². The Kier molecular flexibility index (Phi) is 8.40. The van der Waals surface area contributed by atoms with Crippen LogP contribution in [0, 0.1) is 13.8 Å². The van der Waals surface area contributed by atoms with Crippen LogP contribution in [0.15, 0.2) is 72.8 Å². The third-order valence-corrected chi connectivity index (χ3v) is 5.09. The molecule has 0 heterocycles. The van der Waals surface area contributed by atoms with E-state index < -0.39 is 36.0 Å². The van der Waals surface area contributed by atoms with Crippen molar-refractivity contribution in [2.24, 2.45) is 0 Å². The summed E-state index contributed by atoms with van der Waals surface area (Å²) in [6.45, 7) is 3.51. The standard InChI is InChI=1S/C27H25NO8/c1-16-7-4-9-18(13-16)26(32)35-22(24(29)28-20-11-6-12-21(15-20)34-3)23(25(30)31)36-27(33)19-10-5-8-17(2)14-19/h4-15,22-23H,1-3H3,(H,28,29)(H,30,31). The van der Waals surface area contributed by atoms with Crippen LogP contribution in [0.1, 0.15) is 31.8 Å². The van der Waals surface area contributed by atoms with Gasteiger partial charge in [-0.15, -0.1) is 0 Å². The third-order valence-electron chi connectivity index (χ3n) is 5.09. The topological polar surface area (TPSA) is 128 Å². The number of ether oxygens (including phenoxy) is 3. The van der Waals surface area contributed by atoms with Gasteiger partial charge in [0, 0.05) is 11.8 Å². The number of rotatable bonds is 9. The maximum Gasteiger partial charge on any atom is 0.349 e. The van der Waals surface area contributed by atoms with Crippen LogP contribution in [-0.2, 0) is 19.1 Å². The third kappa shape index (κ3) is 6.69. The van der Waals surface area contributed by atoms with Crippen molar-refractivity contribution in [3.63, 3.8) is 0 Å². The summed E-state index contributed by atoms with van der Waals surface area (Å²) >= 11 is 0. The summed E-state index contributed by atoms with van der Waals surface area (Å²) in [4.78, 5) is 50.9. The first-order chi connectivity index (χ1) is 17.2. The van der Waals surface area contributed by atoms with Gasteiger partial charge in [0.2, 0.25) is 12.2 Å². The van der Waals surface area contributed by atoms with Crippen LogP contribution in [-0.4, -0.2) is 48.2 Å². The lowest BCUT2D eigenvalue weighted by Gasteiger charge is -2.23. The smallest absolute Gasteiger partial charge is 0.349 e. The molecular weight excluding hydrogens is 466 g/mol. The number of carbonyl (C=O) groups excluding carboxylic acids is 3. The second-order valence-electron chi connectivity index (χ2n) is 7.95. The van der Waals surface area contributed by atoms with E-state index in [1.54, 1.807) is 50.2 Å². The molecule has 2 unspecified atom stereocenters.